The van der Waals surface area contributed by atoms with E-state index in [4.69, 9.17) is 9.15 Å². The highest BCUT2D eigenvalue weighted by atomic mass is 19.1. The van der Waals surface area contributed by atoms with Gasteiger partial charge in [0.05, 0.1) is 11.9 Å². The van der Waals surface area contributed by atoms with E-state index in [0.29, 0.717) is 31.4 Å². The summed E-state index contributed by atoms with van der Waals surface area (Å²) >= 11 is 0. The fourth-order valence-corrected chi connectivity index (χ4v) is 4.91. The average Bonchev–Trinajstić information content (AvgIpc) is 3.34. The zero-order valence-electron chi connectivity index (χ0n) is 19.4. The summed E-state index contributed by atoms with van der Waals surface area (Å²) in [5.41, 5.74) is 2.00. The van der Waals surface area contributed by atoms with Crippen LogP contribution in [0.15, 0.2) is 77.4 Å². The van der Waals surface area contributed by atoms with Gasteiger partial charge in [-0.1, -0.05) is 42.5 Å². The van der Waals surface area contributed by atoms with Gasteiger partial charge in [-0.2, -0.15) is 0 Å². The molecule has 0 N–H and O–H groups in total. The summed E-state index contributed by atoms with van der Waals surface area (Å²) < 4.78 is 25.0. The van der Waals surface area contributed by atoms with Crippen LogP contribution in [0.3, 0.4) is 0 Å². The fraction of sp³-hybridized carbons (Fsp3) is 0.393. The molecule has 1 aliphatic heterocycles. The molecule has 0 aliphatic carbocycles. The molecule has 1 amide bonds. The Hall–Kier alpha value is -2.92. The Morgan fingerprint density at radius 2 is 1.85 bits per heavy atom. The van der Waals surface area contributed by atoms with Gasteiger partial charge in [0.2, 0.25) is 0 Å². The van der Waals surface area contributed by atoms with E-state index in [9.17, 15) is 9.18 Å². The van der Waals surface area contributed by atoms with E-state index in [0.717, 1.165) is 30.4 Å². The number of ether oxygens (including phenoxy) is 1. The average molecular weight is 450 g/mol. The first-order valence-electron chi connectivity index (χ1n) is 11.7. The summed E-state index contributed by atoms with van der Waals surface area (Å²) in [4.78, 5) is 15.1. The monoisotopic (exact) mass is 449 g/mol. The van der Waals surface area contributed by atoms with Crippen molar-refractivity contribution in [2.24, 2.45) is 5.92 Å². The van der Waals surface area contributed by atoms with Crippen molar-refractivity contribution in [3.63, 3.8) is 0 Å². The van der Waals surface area contributed by atoms with Crippen molar-refractivity contribution in [3.05, 3.63) is 95.7 Å². The second-order valence-electron chi connectivity index (χ2n) is 9.50. The van der Waals surface area contributed by atoms with E-state index in [1.807, 2.05) is 47.4 Å². The lowest BCUT2D eigenvalue weighted by Crippen LogP contribution is -2.38. The van der Waals surface area contributed by atoms with Crippen LogP contribution >= 0.6 is 0 Å². The number of nitrogens with zero attached hydrogens (tertiary/aromatic N) is 1. The van der Waals surface area contributed by atoms with Gasteiger partial charge in [0.1, 0.15) is 5.82 Å². The number of furan rings is 1. The molecule has 1 fully saturated rings. The van der Waals surface area contributed by atoms with Crippen molar-refractivity contribution in [1.82, 2.24) is 4.90 Å². The number of benzene rings is 2. The number of carbonyl (C=O) groups excluding carboxylic acids is 1. The Bertz CT molecular complexity index is 1020. The number of carbonyl (C=O) groups is 1. The summed E-state index contributed by atoms with van der Waals surface area (Å²) in [6, 6.07) is 20.3. The normalized spacial score (nSPS) is 18.6. The molecular weight excluding hydrogens is 417 g/mol. The maximum absolute atomic E-state index is 13.7. The fourth-order valence-electron chi connectivity index (χ4n) is 4.91. The zero-order chi connectivity index (χ0) is 23.3. The first-order chi connectivity index (χ1) is 15.9. The van der Waals surface area contributed by atoms with Gasteiger partial charge in [-0.25, -0.2) is 4.39 Å². The van der Waals surface area contributed by atoms with Gasteiger partial charge in [-0.3, -0.25) is 4.79 Å². The number of hydrogen-bond acceptors (Lipinski definition) is 3. The van der Waals surface area contributed by atoms with E-state index in [1.54, 1.807) is 12.1 Å². The van der Waals surface area contributed by atoms with Crippen LogP contribution in [0.4, 0.5) is 4.39 Å². The van der Waals surface area contributed by atoms with Gasteiger partial charge < -0.3 is 14.1 Å². The quantitative estimate of drug-likeness (QED) is 0.397. The molecule has 2 aromatic carbocycles. The number of rotatable bonds is 8. The van der Waals surface area contributed by atoms with E-state index in [1.165, 1.54) is 18.4 Å². The molecule has 0 spiro atoms. The highest BCUT2D eigenvalue weighted by Crippen LogP contribution is 2.40. The van der Waals surface area contributed by atoms with Crippen molar-refractivity contribution < 1.29 is 18.3 Å². The topological polar surface area (TPSA) is 42.7 Å². The van der Waals surface area contributed by atoms with Gasteiger partial charge in [0.15, 0.2) is 5.76 Å². The number of amides is 1. The van der Waals surface area contributed by atoms with Crippen LogP contribution in [0.1, 0.15) is 60.7 Å². The van der Waals surface area contributed by atoms with Crippen LogP contribution in [0.25, 0.3) is 0 Å². The molecule has 174 valence electrons. The summed E-state index contributed by atoms with van der Waals surface area (Å²) in [6.07, 6.45) is 4.20. The summed E-state index contributed by atoms with van der Waals surface area (Å²) in [6.45, 7) is 6.06. The summed E-state index contributed by atoms with van der Waals surface area (Å²) in [5, 5.41) is 0. The van der Waals surface area contributed by atoms with Gasteiger partial charge >= 0.3 is 0 Å². The molecule has 0 unspecified atom stereocenters. The molecular formula is C28H32FNO3. The lowest BCUT2D eigenvalue weighted by molar-refractivity contribution is -0.0774. The smallest absolute Gasteiger partial charge is 0.289 e. The third-order valence-corrected chi connectivity index (χ3v) is 6.55. The maximum Gasteiger partial charge on any atom is 0.289 e. The highest BCUT2D eigenvalue weighted by Gasteiger charge is 2.34. The van der Waals surface area contributed by atoms with Crippen LogP contribution in [0, 0.1) is 11.7 Å². The lowest BCUT2D eigenvalue weighted by atomic mass is 9.75. The van der Waals surface area contributed by atoms with Crippen LogP contribution in [-0.4, -0.2) is 29.6 Å². The largest absolute Gasteiger partial charge is 0.459 e. The Morgan fingerprint density at radius 3 is 2.52 bits per heavy atom. The Labute approximate surface area is 195 Å². The van der Waals surface area contributed by atoms with E-state index in [2.05, 4.69) is 13.8 Å². The van der Waals surface area contributed by atoms with Crippen molar-refractivity contribution >= 4 is 5.91 Å². The van der Waals surface area contributed by atoms with Gasteiger partial charge in [-0.05, 0) is 80.3 Å². The Morgan fingerprint density at radius 1 is 1.09 bits per heavy atom. The van der Waals surface area contributed by atoms with Crippen LogP contribution < -0.4 is 0 Å². The molecule has 1 aliphatic rings. The van der Waals surface area contributed by atoms with Crippen molar-refractivity contribution in [2.75, 3.05) is 13.2 Å². The van der Waals surface area contributed by atoms with Gasteiger partial charge in [-0.15, -0.1) is 0 Å². The molecule has 2 heterocycles. The van der Waals surface area contributed by atoms with Crippen molar-refractivity contribution in [1.29, 1.82) is 0 Å². The molecule has 5 heteroatoms. The van der Waals surface area contributed by atoms with Crippen LogP contribution in [0.5, 0.6) is 0 Å². The van der Waals surface area contributed by atoms with E-state index >= 15 is 0 Å². The number of hydrogen-bond donors (Lipinski definition) is 0. The molecule has 2 atom stereocenters. The molecule has 33 heavy (non-hydrogen) atoms. The van der Waals surface area contributed by atoms with Gasteiger partial charge in [0.25, 0.3) is 5.91 Å². The second kappa shape index (κ2) is 10.3. The molecule has 1 saturated heterocycles. The predicted molar refractivity (Wildman–Crippen MR) is 126 cm³/mol. The highest BCUT2D eigenvalue weighted by molar-refractivity contribution is 5.91. The zero-order valence-corrected chi connectivity index (χ0v) is 19.4. The van der Waals surface area contributed by atoms with Crippen LogP contribution in [-0.2, 0) is 11.3 Å². The molecule has 1 aromatic heterocycles. The maximum atomic E-state index is 13.7. The molecule has 0 bridgehead atoms. The molecule has 4 nitrogen and oxygen atoms in total. The Kier molecular flexibility index (Phi) is 7.29. The standard InChI is InChI=1S/C28H32FNO3/c1-28(2)19-23(15-18-33-28)25(22-10-12-24(29)13-11-22)14-16-30(20-21-7-4-3-5-8-21)27(31)26-9-6-17-32-26/h3-13,17,23,25H,14-16,18-20H2,1-2H3/t23-,25+/m0/s1. The predicted octanol–water partition coefficient (Wildman–Crippen LogP) is 6.44. The third-order valence-electron chi connectivity index (χ3n) is 6.55. The second-order valence-corrected chi connectivity index (χ2v) is 9.50. The molecule has 3 aromatic rings. The minimum Gasteiger partial charge on any atom is -0.459 e. The molecule has 0 radical (unpaired) electrons. The summed E-state index contributed by atoms with van der Waals surface area (Å²) in [7, 11) is 0. The Balaban J connectivity index is 1.57. The minimum atomic E-state index is -0.233. The first-order valence-corrected chi connectivity index (χ1v) is 11.7. The van der Waals surface area contributed by atoms with Crippen molar-refractivity contribution in [2.45, 2.75) is 51.2 Å². The summed E-state index contributed by atoms with van der Waals surface area (Å²) in [5.74, 6) is 0.599. The van der Waals surface area contributed by atoms with Gasteiger partial charge in [0, 0.05) is 19.7 Å². The molecule has 0 saturated carbocycles. The van der Waals surface area contributed by atoms with Crippen molar-refractivity contribution in [3.8, 4) is 0 Å². The molecule has 4 rings (SSSR count). The van der Waals surface area contributed by atoms with E-state index in [-0.39, 0.29) is 23.2 Å². The van der Waals surface area contributed by atoms with E-state index < -0.39 is 0 Å². The third kappa shape index (κ3) is 6.11. The first kappa shape index (κ1) is 23.2. The van der Waals surface area contributed by atoms with Crippen LogP contribution in [0.2, 0.25) is 0 Å². The number of halogens is 1. The lowest BCUT2D eigenvalue weighted by Gasteiger charge is -2.40. The minimum absolute atomic E-state index is 0.117. The SMILES string of the molecule is CC1(C)C[C@@H]([C@H](CCN(Cc2ccccc2)C(=O)c2ccco2)c2ccc(F)cc2)CCO1.